The fraction of sp³-hybridized carbons (Fsp3) is 0.300. The van der Waals surface area contributed by atoms with Crippen LogP contribution in [0.25, 0.3) is 17.2 Å². The van der Waals surface area contributed by atoms with E-state index in [4.69, 9.17) is 14.0 Å². The number of nitrogens with one attached hydrogen (secondary N) is 1. The Kier molecular flexibility index (Phi) is 7.05. The maximum absolute atomic E-state index is 12.9. The maximum Gasteiger partial charge on any atom is 0.492 e. The number of carboxylic acid groups (broad SMARTS) is 1. The zero-order valence-electron chi connectivity index (χ0n) is 22.4. The molecule has 2 heterocycles. The molecule has 2 N–H and O–H groups in total. The zero-order chi connectivity index (χ0) is 27.8. The average molecular weight is 526 g/mol. The molecule has 1 aliphatic carbocycles. The summed E-state index contributed by atoms with van der Waals surface area (Å²) < 4.78 is 18.1. The van der Waals surface area contributed by atoms with Crippen LogP contribution in [0.5, 0.6) is 0 Å². The summed E-state index contributed by atoms with van der Waals surface area (Å²) in [5.41, 5.74) is 4.54. The molecule has 2 aromatic carbocycles. The van der Waals surface area contributed by atoms with Gasteiger partial charge in [0.2, 0.25) is 0 Å². The molecule has 5 rings (SSSR count). The topological polar surface area (TPSA) is 107 Å². The standard InChI is InChI=1S/C30H31BN2O6/c1-29(2)30(3,4)39-31(38-29)20(15-19-13-14-32-26(16-19)27(34)35)17-33-28(36)37-18-25-23-11-7-5-9-21(23)22-10-6-8-12-24(22)25/h5-16,25H,17-18H2,1-4H3,(H,33,36)(H,34,35). The number of rotatable bonds is 7. The third-order valence-electron chi connectivity index (χ3n) is 7.69. The number of amides is 1. The lowest BCUT2D eigenvalue weighted by atomic mass is 9.77. The largest absolute Gasteiger partial charge is 0.492 e. The zero-order valence-corrected chi connectivity index (χ0v) is 22.4. The van der Waals surface area contributed by atoms with Gasteiger partial charge in [-0.05, 0) is 73.1 Å². The predicted octanol–water partition coefficient (Wildman–Crippen LogP) is 5.33. The van der Waals surface area contributed by atoms with Gasteiger partial charge in [-0.25, -0.2) is 14.6 Å². The molecule has 0 saturated carbocycles. The molecule has 1 amide bonds. The van der Waals surface area contributed by atoms with Crippen LogP contribution >= 0.6 is 0 Å². The van der Waals surface area contributed by atoms with Crippen LogP contribution in [0.1, 0.15) is 60.8 Å². The van der Waals surface area contributed by atoms with Gasteiger partial charge in [-0.15, -0.1) is 0 Å². The van der Waals surface area contributed by atoms with Crippen LogP contribution in [0.2, 0.25) is 0 Å². The average Bonchev–Trinajstić information content (AvgIpc) is 3.34. The first-order chi connectivity index (χ1) is 18.6. The molecule has 0 unspecified atom stereocenters. The van der Waals surface area contributed by atoms with Crippen molar-refractivity contribution in [2.45, 2.75) is 44.8 Å². The van der Waals surface area contributed by atoms with E-state index in [0.29, 0.717) is 11.0 Å². The van der Waals surface area contributed by atoms with Gasteiger partial charge < -0.3 is 24.5 Å². The number of pyridine rings is 1. The van der Waals surface area contributed by atoms with Crippen molar-refractivity contribution in [3.8, 4) is 11.1 Å². The highest BCUT2D eigenvalue weighted by Gasteiger charge is 2.52. The number of fused-ring (bicyclic) bond motifs is 3. The first kappa shape index (κ1) is 26.7. The Morgan fingerprint density at radius 3 is 2.18 bits per heavy atom. The summed E-state index contributed by atoms with van der Waals surface area (Å²) in [6.45, 7) is 8.05. The van der Waals surface area contributed by atoms with Crippen LogP contribution in [0.3, 0.4) is 0 Å². The fourth-order valence-electron chi connectivity index (χ4n) is 4.89. The molecule has 9 heteroatoms. The van der Waals surface area contributed by atoms with E-state index in [-0.39, 0.29) is 24.8 Å². The molecule has 1 aromatic heterocycles. The Morgan fingerprint density at radius 2 is 1.59 bits per heavy atom. The van der Waals surface area contributed by atoms with Crippen LogP contribution < -0.4 is 5.32 Å². The van der Waals surface area contributed by atoms with Crippen molar-refractivity contribution < 1.29 is 28.7 Å². The van der Waals surface area contributed by atoms with Crippen molar-refractivity contribution in [1.82, 2.24) is 10.3 Å². The smallest absolute Gasteiger partial charge is 0.477 e. The van der Waals surface area contributed by atoms with E-state index < -0.39 is 30.4 Å². The summed E-state index contributed by atoms with van der Waals surface area (Å²) in [5.74, 6) is -1.17. The van der Waals surface area contributed by atoms with Crippen molar-refractivity contribution >= 4 is 25.3 Å². The monoisotopic (exact) mass is 526 g/mol. The molecule has 3 aromatic rings. The molecule has 1 fully saturated rings. The second-order valence-corrected chi connectivity index (χ2v) is 10.8. The molecule has 0 radical (unpaired) electrons. The first-order valence-corrected chi connectivity index (χ1v) is 12.9. The van der Waals surface area contributed by atoms with Gasteiger partial charge in [-0.2, -0.15) is 0 Å². The van der Waals surface area contributed by atoms with Crippen molar-refractivity contribution in [2.75, 3.05) is 13.2 Å². The molecule has 2 aliphatic rings. The number of hydrogen-bond acceptors (Lipinski definition) is 6. The minimum atomic E-state index is -1.13. The molecular formula is C30H31BN2O6. The van der Waals surface area contributed by atoms with Gasteiger partial charge in [0, 0.05) is 18.7 Å². The van der Waals surface area contributed by atoms with Gasteiger partial charge in [0.15, 0.2) is 0 Å². The van der Waals surface area contributed by atoms with E-state index >= 15 is 0 Å². The summed E-state index contributed by atoms with van der Waals surface area (Å²) in [4.78, 5) is 28.2. The maximum atomic E-state index is 12.9. The summed E-state index contributed by atoms with van der Waals surface area (Å²) in [6, 6.07) is 19.5. The molecule has 0 spiro atoms. The molecule has 8 nitrogen and oxygen atoms in total. The summed E-state index contributed by atoms with van der Waals surface area (Å²) in [5, 5.41) is 12.2. The first-order valence-electron chi connectivity index (χ1n) is 12.9. The molecule has 39 heavy (non-hydrogen) atoms. The number of alkyl carbamates (subject to hydrolysis) is 1. The SMILES string of the molecule is CC1(C)OB(C(=Cc2ccnc(C(=O)O)c2)CNC(=O)OCC2c3ccccc3-c3ccccc32)OC1(C)C. The quantitative estimate of drug-likeness (QED) is 0.401. The van der Waals surface area contributed by atoms with Gasteiger partial charge >= 0.3 is 19.2 Å². The molecule has 1 aliphatic heterocycles. The van der Waals surface area contributed by atoms with Crippen LogP contribution in [-0.2, 0) is 14.0 Å². The van der Waals surface area contributed by atoms with Crippen molar-refractivity contribution in [2.24, 2.45) is 0 Å². The van der Waals surface area contributed by atoms with E-state index in [1.54, 1.807) is 12.1 Å². The number of carbonyl (C=O) groups excluding carboxylic acids is 1. The minimum absolute atomic E-state index is 0.0486. The van der Waals surface area contributed by atoms with Crippen LogP contribution in [0.4, 0.5) is 4.79 Å². The van der Waals surface area contributed by atoms with E-state index in [0.717, 1.165) is 22.3 Å². The molecule has 0 atom stereocenters. The van der Waals surface area contributed by atoms with Crippen LogP contribution in [0.15, 0.2) is 72.3 Å². The molecule has 1 saturated heterocycles. The van der Waals surface area contributed by atoms with Gasteiger partial charge in [0.25, 0.3) is 0 Å². The highest BCUT2D eigenvalue weighted by Crippen LogP contribution is 2.44. The van der Waals surface area contributed by atoms with Gasteiger partial charge in [0.05, 0.1) is 11.2 Å². The van der Waals surface area contributed by atoms with Gasteiger partial charge in [-0.3, -0.25) is 0 Å². The highest BCUT2D eigenvalue weighted by atomic mass is 16.7. The van der Waals surface area contributed by atoms with Crippen molar-refractivity contribution in [3.05, 3.63) is 94.7 Å². The van der Waals surface area contributed by atoms with Crippen LogP contribution in [0, 0.1) is 0 Å². The van der Waals surface area contributed by atoms with Gasteiger partial charge in [-0.1, -0.05) is 54.6 Å². The number of carboxylic acids is 1. The molecule has 200 valence electrons. The van der Waals surface area contributed by atoms with Crippen molar-refractivity contribution in [3.63, 3.8) is 0 Å². The minimum Gasteiger partial charge on any atom is -0.477 e. The lowest BCUT2D eigenvalue weighted by Gasteiger charge is -2.32. The van der Waals surface area contributed by atoms with Crippen LogP contribution in [-0.4, -0.2) is 53.6 Å². The Bertz CT molecular complexity index is 1390. The second kappa shape index (κ2) is 10.3. The third-order valence-corrected chi connectivity index (χ3v) is 7.69. The number of aromatic carboxylic acids is 1. The number of carbonyl (C=O) groups is 2. The lowest BCUT2D eigenvalue weighted by Crippen LogP contribution is -2.41. The Balaban J connectivity index is 1.31. The number of nitrogens with zero attached hydrogens (tertiary/aromatic N) is 1. The summed E-state index contributed by atoms with van der Waals surface area (Å²) >= 11 is 0. The number of ether oxygens (including phenoxy) is 1. The summed E-state index contributed by atoms with van der Waals surface area (Å²) in [7, 11) is -0.745. The van der Waals surface area contributed by atoms with E-state index in [9.17, 15) is 14.7 Å². The number of hydrogen-bond donors (Lipinski definition) is 2. The normalized spacial score (nSPS) is 17.4. The number of benzene rings is 2. The molecular weight excluding hydrogens is 495 g/mol. The third kappa shape index (κ3) is 5.33. The summed E-state index contributed by atoms with van der Waals surface area (Å²) in [6.07, 6.45) is 2.61. The Labute approximate surface area is 228 Å². The van der Waals surface area contributed by atoms with E-state index in [2.05, 4.69) is 34.6 Å². The molecule has 0 bridgehead atoms. The Morgan fingerprint density at radius 1 is 1.00 bits per heavy atom. The van der Waals surface area contributed by atoms with E-state index in [1.807, 2.05) is 52.0 Å². The van der Waals surface area contributed by atoms with Gasteiger partial charge in [0.1, 0.15) is 12.3 Å². The van der Waals surface area contributed by atoms with Crippen molar-refractivity contribution in [1.29, 1.82) is 0 Å². The Hall–Kier alpha value is -3.95. The highest BCUT2D eigenvalue weighted by molar-refractivity contribution is 6.56. The fourth-order valence-corrected chi connectivity index (χ4v) is 4.89. The van der Waals surface area contributed by atoms with E-state index in [1.165, 1.54) is 12.3 Å². The lowest BCUT2D eigenvalue weighted by molar-refractivity contribution is 0.00578. The predicted molar refractivity (Wildman–Crippen MR) is 148 cm³/mol. The second-order valence-electron chi connectivity index (χ2n) is 10.8. The number of aromatic nitrogens is 1.